The Bertz CT molecular complexity index is 256. The highest BCUT2D eigenvalue weighted by molar-refractivity contribution is 5.72. The van der Waals surface area contributed by atoms with E-state index < -0.39 is 17.3 Å². The largest absolute Gasteiger partial charge is 0.469 e. The van der Waals surface area contributed by atoms with Gasteiger partial charge in [-0.05, 0) is 12.8 Å². The van der Waals surface area contributed by atoms with E-state index in [1.165, 1.54) is 14.2 Å². The monoisotopic (exact) mass is 219 g/mol. The second-order valence-corrected chi connectivity index (χ2v) is 3.33. The molecule has 0 saturated heterocycles. The van der Waals surface area contributed by atoms with Crippen molar-refractivity contribution >= 4 is 5.97 Å². The molecule has 1 saturated carbocycles. The average molecular weight is 219 g/mol. The number of carbonyl (C=O) groups is 1. The third-order valence-electron chi connectivity index (χ3n) is 2.51. The summed E-state index contributed by atoms with van der Waals surface area (Å²) < 4.78 is 9.57. The number of carbonyl (C=O) groups excluding carboxylic acids is 1. The molecular formula is C8H13NO6. The summed E-state index contributed by atoms with van der Waals surface area (Å²) in [7, 11) is 2.71. The van der Waals surface area contributed by atoms with E-state index in [4.69, 9.17) is 4.74 Å². The van der Waals surface area contributed by atoms with Crippen LogP contribution in [0, 0.1) is 16.0 Å². The Morgan fingerprint density at radius 3 is 2.40 bits per heavy atom. The van der Waals surface area contributed by atoms with Crippen molar-refractivity contribution in [3.05, 3.63) is 10.1 Å². The van der Waals surface area contributed by atoms with Crippen LogP contribution >= 0.6 is 0 Å². The lowest BCUT2D eigenvalue weighted by molar-refractivity contribution is -0.770. The van der Waals surface area contributed by atoms with Crippen LogP contribution in [0.15, 0.2) is 0 Å². The lowest BCUT2D eigenvalue weighted by Gasteiger charge is -2.14. The van der Waals surface area contributed by atoms with Gasteiger partial charge >= 0.3 is 5.97 Å². The van der Waals surface area contributed by atoms with Gasteiger partial charge in [-0.3, -0.25) is 4.79 Å². The molecule has 86 valence electrons. The van der Waals surface area contributed by atoms with Gasteiger partial charge < -0.3 is 14.3 Å². The summed E-state index contributed by atoms with van der Waals surface area (Å²) in [6.07, 6.45) is -0.470. The molecule has 7 nitrogen and oxygen atoms in total. The van der Waals surface area contributed by atoms with Gasteiger partial charge in [-0.2, -0.15) is 0 Å². The molecule has 0 aromatic rings. The molecule has 0 spiro atoms. The molecular weight excluding hydrogens is 206 g/mol. The van der Waals surface area contributed by atoms with E-state index in [9.17, 15) is 14.9 Å². The molecule has 0 bridgehead atoms. The molecule has 1 aliphatic rings. The van der Waals surface area contributed by atoms with Gasteiger partial charge in [0.15, 0.2) is 0 Å². The maximum atomic E-state index is 11.2. The molecule has 1 aliphatic carbocycles. The van der Waals surface area contributed by atoms with Gasteiger partial charge in [0.25, 0.3) is 5.09 Å². The van der Waals surface area contributed by atoms with Crippen LogP contribution in [-0.4, -0.2) is 37.5 Å². The summed E-state index contributed by atoms with van der Waals surface area (Å²) >= 11 is 0. The first kappa shape index (κ1) is 11.7. The van der Waals surface area contributed by atoms with Crippen LogP contribution in [0.1, 0.15) is 12.8 Å². The number of ether oxygens (including phenoxy) is 2. The van der Waals surface area contributed by atoms with Crippen LogP contribution in [0.3, 0.4) is 0 Å². The molecule has 0 N–H and O–H groups in total. The fourth-order valence-corrected chi connectivity index (χ4v) is 1.79. The average Bonchev–Trinajstić information content (AvgIpc) is 2.59. The molecule has 1 rings (SSSR count). The number of hydrogen-bond acceptors (Lipinski definition) is 6. The maximum Gasteiger partial charge on any atom is 0.308 e. The zero-order valence-electron chi connectivity index (χ0n) is 8.54. The van der Waals surface area contributed by atoms with Crippen molar-refractivity contribution in [2.45, 2.75) is 25.0 Å². The minimum Gasteiger partial charge on any atom is -0.469 e. The normalized spacial score (nSPS) is 29.9. The van der Waals surface area contributed by atoms with Gasteiger partial charge in [-0.15, -0.1) is 10.1 Å². The van der Waals surface area contributed by atoms with Crippen molar-refractivity contribution in [3.8, 4) is 0 Å². The molecule has 0 unspecified atom stereocenters. The molecule has 0 heterocycles. The van der Waals surface area contributed by atoms with E-state index in [1.54, 1.807) is 0 Å². The lowest BCUT2D eigenvalue weighted by atomic mass is 10.1. The summed E-state index contributed by atoms with van der Waals surface area (Å²) in [4.78, 5) is 25.8. The summed E-state index contributed by atoms with van der Waals surface area (Å²) in [5.74, 6) is -0.767. The van der Waals surface area contributed by atoms with Crippen LogP contribution in [0.2, 0.25) is 0 Å². The van der Waals surface area contributed by atoms with E-state index in [1.807, 2.05) is 0 Å². The first-order valence-electron chi connectivity index (χ1n) is 4.50. The van der Waals surface area contributed by atoms with Crippen molar-refractivity contribution in [3.63, 3.8) is 0 Å². The SMILES string of the molecule is COC(=O)[C@@H]1C[C@H](OC)[C@@H](O[N+](=O)[O-])C1. The van der Waals surface area contributed by atoms with Crippen molar-refractivity contribution in [2.24, 2.45) is 5.92 Å². The van der Waals surface area contributed by atoms with Gasteiger partial charge in [0, 0.05) is 7.11 Å². The Balaban J connectivity index is 2.58. The fraction of sp³-hybridized carbons (Fsp3) is 0.875. The quantitative estimate of drug-likeness (QED) is 0.380. The van der Waals surface area contributed by atoms with E-state index in [-0.39, 0.29) is 18.3 Å². The first-order valence-corrected chi connectivity index (χ1v) is 4.50. The lowest BCUT2D eigenvalue weighted by Crippen LogP contribution is -2.27. The number of methoxy groups -OCH3 is 2. The Hall–Kier alpha value is -1.37. The summed E-state index contributed by atoms with van der Waals surface area (Å²) in [6.45, 7) is 0. The van der Waals surface area contributed by atoms with Gasteiger partial charge in [0.2, 0.25) is 0 Å². The number of nitrogens with zero attached hydrogens (tertiary/aromatic N) is 1. The number of esters is 1. The molecule has 0 amide bonds. The minimum atomic E-state index is -0.865. The Morgan fingerprint density at radius 1 is 1.33 bits per heavy atom. The van der Waals surface area contributed by atoms with Crippen molar-refractivity contribution in [2.75, 3.05) is 14.2 Å². The highest BCUT2D eigenvalue weighted by Crippen LogP contribution is 2.31. The summed E-state index contributed by atoms with van der Waals surface area (Å²) in [5, 5.41) is 9.31. The van der Waals surface area contributed by atoms with Crippen molar-refractivity contribution < 1.29 is 24.2 Å². The van der Waals surface area contributed by atoms with Crippen LogP contribution in [0.25, 0.3) is 0 Å². The van der Waals surface area contributed by atoms with Crippen LogP contribution in [0.4, 0.5) is 0 Å². The topological polar surface area (TPSA) is 87.9 Å². The predicted octanol–water partition coefficient (Wildman–Crippen LogP) is 0.161. The first-order chi connectivity index (χ1) is 7.08. The van der Waals surface area contributed by atoms with E-state index in [0.29, 0.717) is 6.42 Å². The predicted molar refractivity (Wildman–Crippen MR) is 47.4 cm³/mol. The molecule has 0 aliphatic heterocycles. The third-order valence-corrected chi connectivity index (χ3v) is 2.51. The maximum absolute atomic E-state index is 11.2. The molecule has 15 heavy (non-hydrogen) atoms. The van der Waals surface area contributed by atoms with E-state index >= 15 is 0 Å². The van der Waals surface area contributed by atoms with Crippen LogP contribution in [0.5, 0.6) is 0 Å². The van der Waals surface area contributed by atoms with E-state index in [0.717, 1.165) is 0 Å². The Kier molecular flexibility index (Phi) is 3.84. The van der Waals surface area contributed by atoms with Crippen LogP contribution in [-0.2, 0) is 19.1 Å². The Morgan fingerprint density at radius 2 is 1.93 bits per heavy atom. The Labute approximate surface area is 86.4 Å². The van der Waals surface area contributed by atoms with Gasteiger partial charge in [0.05, 0.1) is 19.1 Å². The van der Waals surface area contributed by atoms with Crippen molar-refractivity contribution in [1.82, 2.24) is 0 Å². The van der Waals surface area contributed by atoms with E-state index in [2.05, 4.69) is 9.57 Å². The highest BCUT2D eigenvalue weighted by Gasteiger charge is 2.40. The molecule has 0 aromatic carbocycles. The second kappa shape index (κ2) is 4.92. The summed E-state index contributed by atoms with van der Waals surface area (Å²) in [5.41, 5.74) is 0. The molecule has 1 fully saturated rings. The molecule has 7 heteroatoms. The van der Waals surface area contributed by atoms with Gasteiger partial charge in [-0.1, -0.05) is 0 Å². The zero-order chi connectivity index (χ0) is 11.4. The molecule has 3 atom stereocenters. The molecule has 0 aromatic heterocycles. The zero-order valence-corrected chi connectivity index (χ0v) is 8.54. The number of rotatable bonds is 4. The molecule has 0 radical (unpaired) electrons. The number of hydrogen-bond donors (Lipinski definition) is 0. The summed E-state index contributed by atoms with van der Waals surface area (Å²) in [6, 6.07) is 0. The second-order valence-electron chi connectivity index (χ2n) is 3.33. The van der Waals surface area contributed by atoms with Crippen molar-refractivity contribution in [1.29, 1.82) is 0 Å². The third kappa shape index (κ3) is 2.79. The van der Waals surface area contributed by atoms with Crippen LogP contribution < -0.4 is 0 Å². The smallest absolute Gasteiger partial charge is 0.308 e. The fourth-order valence-electron chi connectivity index (χ4n) is 1.79. The highest BCUT2D eigenvalue weighted by atomic mass is 17.0. The van der Waals surface area contributed by atoms with Gasteiger partial charge in [0.1, 0.15) is 6.10 Å². The van der Waals surface area contributed by atoms with Gasteiger partial charge in [-0.25, -0.2) is 0 Å². The minimum absolute atomic E-state index is 0.256. The standard InChI is InChI=1S/C8H13NO6/c1-13-6-3-5(8(10)14-2)4-7(6)15-9(11)12/h5-7H,3-4H2,1-2H3/t5-,6+,7+/m1/s1.